The largest absolute Gasteiger partial charge is 0.382 e. The van der Waals surface area contributed by atoms with E-state index in [1.54, 1.807) is 12.1 Å². The van der Waals surface area contributed by atoms with Gasteiger partial charge in [0.2, 0.25) is 5.91 Å². The molecule has 6 heteroatoms. The van der Waals surface area contributed by atoms with Crippen molar-refractivity contribution in [1.82, 2.24) is 5.32 Å². The fourth-order valence-electron chi connectivity index (χ4n) is 1.23. The first kappa shape index (κ1) is 13.5. The highest BCUT2D eigenvalue weighted by molar-refractivity contribution is 5.78. The average molecular weight is 244 g/mol. The van der Waals surface area contributed by atoms with E-state index in [0.29, 0.717) is 6.54 Å². The smallest absolute Gasteiger partial charge is 0.263 e. The molecule has 1 atom stereocenters. The number of hydrogen-bond acceptors (Lipinski definition) is 3. The first-order valence-corrected chi connectivity index (χ1v) is 5.06. The Morgan fingerprint density at radius 2 is 1.94 bits per heavy atom. The highest BCUT2D eigenvalue weighted by Gasteiger charge is 2.09. The predicted octanol–water partition coefficient (Wildman–Crippen LogP) is 0.560. The zero-order chi connectivity index (χ0) is 12.8. The molecule has 0 spiro atoms. The zero-order valence-corrected chi connectivity index (χ0v) is 9.07. The van der Waals surface area contributed by atoms with E-state index in [0.717, 1.165) is 5.56 Å². The maximum Gasteiger partial charge on any atom is 0.263 e. The summed E-state index contributed by atoms with van der Waals surface area (Å²) in [4.78, 5) is 10.5. The minimum absolute atomic E-state index is 0.0337. The number of carbonyl (C=O) groups excluding carboxylic acids is 1. The van der Waals surface area contributed by atoms with Gasteiger partial charge in [0, 0.05) is 18.7 Å². The number of aliphatic hydroxyl groups excluding tert-OH is 1. The Labute approximate surface area is 97.4 Å². The molecule has 0 aliphatic carbocycles. The molecule has 1 aromatic carbocycles. The molecule has 0 bridgehead atoms. The van der Waals surface area contributed by atoms with Crippen LogP contribution in [0.3, 0.4) is 0 Å². The molecule has 17 heavy (non-hydrogen) atoms. The van der Waals surface area contributed by atoms with Gasteiger partial charge in [-0.2, -0.15) is 0 Å². The number of amides is 1. The summed E-state index contributed by atoms with van der Waals surface area (Å²) >= 11 is 0. The van der Waals surface area contributed by atoms with Crippen LogP contribution in [0.1, 0.15) is 17.6 Å². The third-order valence-corrected chi connectivity index (χ3v) is 2.23. The molecule has 0 aliphatic rings. The van der Waals surface area contributed by atoms with Gasteiger partial charge in [0.15, 0.2) is 0 Å². The summed E-state index contributed by atoms with van der Waals surface area (Å²) in [7, 11) is 0. The van der Waals surface area contributed by atoms with Gasteiger partial charge in [0.1, 0.15) is 6.10 Å². The van der Waals surface area contributed by atoms with E-state index in [1.807, 2.05) is 0 Å². The Balaban J connectivity index is 2.40. The molecule has 4 N–H and O–H groups in total. The number of nitrogens with one attached hydrogen (secondary N) is 1. The number of aliphatic hydroxyl groups is 1. The average Bonchev–Trinajstić information content (AvgIpc) is 2.29. The molecule has 94 valence electrons. The molecular formula is C11H14F2N2O2. The monoisotopic (exact) mass is 244 g/mol. The number of primary amides is 1. The van der Waals surface area contributed by atoms with Crippen LogP contribution >= 0.6 is 0 Å². The van der Waals surface area contributed by atoms with E-state index in [1.165, 1.54) is 12.1 Å². The lowest BCUT2D eigenvalue weighted by Crippen LogP contribution is -2.37. The van der Waals surface area contributed by atoms with Crippen molar-refractivity contribution in [2.45, 2.75) is 19.1 Å². The van der Waals surface area contributed by atoms with Gasteiger partial charge in [0.05, 0.1) is 0 Å². The van der Waals surface area contributed by atoms with Gasteiger partial charge in [0.25, 0.3) is 6.43 Å². The Morgan fingerprint density at radius 3 is 2.41 bits per heavy atom. The highest BCUT2D eigenvalue weighted by atomic mass is 19.3. The summed E-state index contributed by atoms with van der Waals surface area (Å²) in [5.74, 6) is -0.800. The molecule has 0 aliphatic heterocycles. The van der Waals surface area contributed by atoms with Crippen molar-refractivity contribution in [3.05, 3.63) is 35.4 Å². The van der Waals surface area contributed by atoms with Crippen molar-refractivity contribution in [3.63, 3.8) is 0 Å². The zero-order valence-electron chi connectivity index (χ0n) is 9.07. The van der Waals surface area contributed by atoms with Gasteiger partial charge in [-0.1, -0.05) is 24.3 Å². The number of rotatable bonds is 6. The van der Waals surface area contributed by atoms with Gasteiger partial charge < -0.3 is 16.2 Å². The molecular weight excluding hydrogens is 230 g/mol. The van der Waals surface area contributed by atoms with Gasteiger partial charge in [-0.05, 0) is 5.56 Å². The molecule has 1 amide bonds. The van der Waals surface area contributed by atoms with Gasteiger partial charge >= 0.3 is 0 Å². The van der Waals surface area contributed by atoms with Crippen LogP contribution in [0.5, 0.6) is 0 Å². The van der Waals surface area contributed by atoms with Gasteiger partial charge in [-0.3, -0.25) is 4.79 Å². The third-order valence-electron chi connectivity index (χ3n) is 2.23. The van der Waals surface area contributed by atoms with Crippen LogP contribution in [0, 0.1) is 0 Å². The Kier molecular flexibility index (Phi) is 4.99. The normalized spacial score (nSPS) is 12.7. The van der Waals surface area contributed by atoms with Crippen molar-refractivity contribution in [2.24, 2.45) is 5.73 Å². The fraction of sp³-hybridized carbons (Fsp3) is 0.364. The summed E-state index contributed by atoms with van der Waals surface area (Å²) in [6.45, 7) is 0.403. The minimum Gasteiger partial charge on any atom is -0.382 e. The SMILES string of the molecule is NC(=O)C(O)CNCc1ccc(C(F)F)cc1. The van der Waals surface area contributed by atoms with Crippen LogP contribution in [-0.2, 0) is 11.3 Å². The van der Waals surface area contributed by atoms with E-state index in [2.05, 4.69) is 5.32 Å². The predicted molar refractivity (Wildman–Crippen MR) is 58.3 cm³/mol. The first-order valence-electron chi connectivity index (χ1n) is 5.06. The summed E-state index contributed by atoms with van der Waals surface area (Å²) in [5.41, 5.74) is 5.60. The van der Waals surface area contributed by atoms with E-state index in [4.69, 9.17) is 10.8 Å². The lowest BCUT2D eigenvalue weighted by Gasteiger charge is -2.08. The number of alkyl halides is 2. The van der Waals surface area contributed by atoms with Crippen molar-refractivity contribution in [1.29, 1.82) is 0 Å². The number of hydrogen-bond donors (Lipinski definition) is 3. The van der Waals surface area contributed by atoms with Gasteiger partial charge in [-0.15, -0.1) is 0 Å². The molecule has 0 heterocycles. The second kappa shape index (κ2) is 6.27. The molecule has 4 nitrogen and oxygen atoms in total. The lowest BCUT2D eigenvalue weighted by atomic mass is 10.1. The maximum atomic E-state index is 12.2. The Bertz CT molecular complexity index is 368. The Morgan fingerprint density at radius 1 is 1.35 bits per heavy atom. The molecule has 0 saturated carbocycles. The second-order valence-electron chi connectivity index (χ2n) is 3.59. The topological polar surface area (TPSA) is 75.4 Å². The van der Waals surface area contributed by atoms with E-state index >= 15 is 0 Å². The van der Waals surface area contributed by atoms with Crippen LogP contribution in [0.2, 0.25) is 0 Å². The van der Waals surface area contributed by atoms with Crippen LogP contribution in [0.25, 0.3) is 0 Å². The number of carbonyl (C=O) groups is 1. The van der Waals surface area contributed by atoms with Crippen molar-refractivity contribution < 1.29 is 18.7 Å². The first-order chi connectivity index (χ1) is 8.00. The summed E-state index contributed by atoms with van der Waals surface area (Å²) < 4.78 is 24.5. The van der Waals surface area contributed by atoms with Crippen LogP contribution in [-0.4, -0.2) is 23.7 Å². The van der Waals surface area contributed by atoms with E-state index in [-0.39, 0.29) is 12.1 Å². The van der Waals surface area contributed by atoms with Gasteiger partial charge in [-0.25, -0.2) is 8.78 Å². The highest BCUT2D eigenvalue weighted by Crippen LogP contribution is 2.18. The van der Waals surface area contributed by atoms with Crippen LogP contribution in [0.4, 0.5) is 8.78 Å². The van der Waals surface area contributed by atoms with Crippen LogP contribution < -0.4 is 11.1 Å². The molecule has 0 fully saturated rings. The standard InChI is InChI=1S/C11H14F2N2O2/c12-10(13)8-3-1-7(2-4-8)5-15-6-9(16)11(14)17/h1-4,9-10,15-16H,5-6H2,(H2,14,17). The lowest BCUT2D eigenvalue weighted by molar-refractivity contribution is -0.125. The summed E-state index contributed by atoms with van der Waals surface area (Å²) in [6.07, 6.45) is -3.72. The Hall–Kier alpha value is -1.53. The van der Waals surface area contributed by atoms with Crippen molar-refractivity contribution >= 4 is 5.91 Å². The maximum absolute atomic E-state index is 12.2. The molecule has 0 saturated heterocycles. The van der Waals surface area contributed by atoms with E-state index in [9.17, 15) is 13.6 Å². The third kappa shape index (κ3) is 4.46. The second-order valence-corrected chi connectivity index (χ2v) is 3.59. The minimum atomic E-state index is -2.48. The number of halogens is 2. The number of nitrogens with two attached hydrogens (primary N) is 1. The van der Waals surface area contributed by atoms with Crippen molar-refractivity contribution in [3.8, 4) is 0 Å². The summed E-state index contributed by atoms with van der Waals surface area (Å²) in [6, 6.07) is 5.80. The van der Waals surface area contributed by atoms with Crippen molar-refractivity contribution in [2.75, 3.05) is 6.54 Å². The molecule has 1 aromatic rings. The van der Waals surface area contributed by atoms with E-state index < -0.39 is 18.4 Å². The molecule has 1 unspecified atom stereocenters. The van der Waals surface area contributed by atoms with Crippen LogP contribution in [0.15, 0.2) is 24.3 Å². The fourth-order valence-corrected chi connectivity index (χ4v) is 1.23. The quantitative estimate of drug-likeness (QED) is 0.684. The number of benzene rings is 1. The molecule has 1 rings (SSSR count). The molecule has 0 radical (unpaired) electrons. The summed E-state index contributed by atoms with van der Waals surface area (Å²) in [5, 5.41) is 11.9. The molecule has 0 aromatic heterocycles.